The molecular weight excluding hydrogens is 358 g/mol. The monoisotopic (exact) mass is 383 g/mol. The van der Waals surface area contributed by atoms with Gasteiger partial charge in [-0.15, -0.1) is 0 Å². The van der Waals surface area contributed by atoms with Gasteiger partial charge in [0.25, 0.3) is 5.91 Å². The van der Waals surface area contributed by atoms with E-state index >= 15 is 0 Å². The second kappa shape index (κ2) is 7.36. The van der Waals surface area contributed by atoms with Crippen LogP contribution in [0.2, 0.25) is 0 Å². The molecule has 0 saturated carbocycles. The van der Waals surface area contributed by atoms with E-state index in [1.54, 1.807) is 9.80 Å². The van der Waals surface area contributed by atoms with Crippen LogP contribution in [-0.2, 0) is 27.8 Å². The molecule has 0 aliphatic carbocycles. The molecule has 2 aliphatic heterocycles. The van der Waals surface area contributed by atoms with E-state index in [-0.39, 0.29) is 18.4 Å². The molecular formula is C16H25N5O4S. The van der Waals surface area contributed by atoms with Gasteiger partial charge in [-0.05, 0) is 25.3 Å². The second-order valence-corrected chi connectivity index (χ2v) is 8.98. The molecule has 10 heteroatoms. The predicted octanol–water partition coefficient (Wildman–Crippen LogP) is -0.605. The summed E-state index contributed by atoms with van der Waals surface area (Å²) in [6.07, 6.45) is 4.24. The summed E-state index contributed by atoms with van der Waals surface area (Å²) in [4.78, 5) is 28.2. The van der Waals surface area contributed by atoms with E-state index in [2.05, 4.69) is 5.10 Å². The maximum atomic E-state index is 12.7. The SMILES string of the molecule is CN(CC(=O)N1CCN(C(=O)c2cc3n(n2)CCCC3)CC1)S(C)(=O)=O. The van der Waals surface area contributed by atoms with Crippen molar-refractivity contribution in [2.45, 2.75) is 25.8 Å². The normalized spacial score (nSPS) is 18.1. The minimum atomic E-state index is -3.39. The van der Waals surface area contributed by atoms with Crippen LogP contribution >= 0.6 is 0 Å². The number of fused-ring (bicyclic) bond motifs is 1. The van der Waals surface area contributed by atoms with Crippen LogP contribution in [0.15, 0.2) is 6.07 Å². The molecule has 0 spiro atoms. The lowest BCUT2D eigenvalue weighted by Gasteiger charge is -2.35. The third-order valence-electron chi connectivity index (χ3n) is 4.98. The molecule has 1 aromatic heterocycles. The van der Waals surface area contributed by atoms with Crippen LogP contribution in [-0.4, -0.2) is 90.1 Å². The fraction of sp³-hybridized carbons (Fsp3) is 0.688. The number of carbonyl (C=O) groups excluding carboxylic acids is 2. The van der Waals surface area contributed by atoms with Gasteiger partial charge in [-0.1, -0.05) is 0 Å². The smallest absolute Gasteiger partial charge is 0.274 e. The van der Waals surface area contributed by atoms with Gasteiger partial charge in [-0.25, -0.2) is 8.42 Å². The molecule has 2 amide bonds. The minimum absolute atomic E-state index is 0.104. The Morgan fingerprint density at radius 1 is 1.12 bits per heavy atom. The van der Waals surface area contributed by atoms with Gasteiger partial charge in [-0.3, -0.25) is 14.3 Å². The summed E-state index contributed by atoms with van der Waals surface area (Å²) in [5, 5.41) is 4.42. The Hall–Kier alpha value is -1.94. The first-order chi connectivity index (χ1) is 12.3. The molecule has 0 atom stereocenters. The average Bonchev–Trinajstić information content (AvgIpc) is 3.04. The first kappa shape index (κ1) is 18.8. The summed E-state index contributed by atoms with van der Waals surface area (Å²) in [6.45, 7) is 2.33. The van der Waals surface area contributed by atoms with Gasteiger partial charge >= 0.3 is 0 Å². The summed E-state index contributed by atoms with van der Waals surface area (Å²) >= 11 is 0. The van der Waals surface area contributed by atoms with Gasteiger partial charge in [0.05, 0.1) is 12.8 Å². The van der Waals surface area contributed by atoms with Crippen molar-refractivity contribution in [1.29, 1.82) is 0 Å². The topological polar surface area (TPSA) is 95.8 Å². The van der Waals surface area contributed by atoms with E-state index in [9.17, 15) is 18.0 Å². The van der Waals surface area contributed by atoms with Crippen molar-refractivity contribution in [2.75, 3.05) is 46.0 Å². The van der Waals surface area contributed by atoms with E-state index in [1.165, 1.54) is 7.05 Å². The maximum Gasteiger partial charge on any atom is 0.274 e. The number of hydrogen-bond donors (Lipinski definition) is 0. The first-order valence-corrected chi connectivity index (χ1v) is 10.7. The molecule has 3 heterocycles. The van der Waals surface area contributed by atoms with Crippen molar-refractivity contribution < 1.29 is 18.0 Å². The van der Waals surface area contributed by atoms with Gasteiger partial charge < -0.3 is 9.80 Å². The lowest BCUT2D eigenvalue weighted by atomic mass is 10.1. The number of sulfonamides is 1. The molecule has 144 valence electrons. The van der Waals surface area contributed by atoms with E-state index in [0.717, 1.165) is 42.1 Å². The van der Waals surface area contributed by atoms with E-state index in [0.29, 0.717) is 31.9 Å². The summed E-state index contributed by atoms with van der Waals surface area (Å²) in [6, 6.07) is 1.88. The predicted molar refractivity (Wildman–Crippen MR) is 95.1 cm³/mol. The fourth-order valence-corrected chi connectivity index (χ4v) is 3.60. The number of aryl methyl sites for hydroxylation is 2. The third kappa shape index (κ3) is 4.07. The lowest BCUT2D eigenvalue weighted by Crippen LogP contribution is -2.52. The van der Waals surface area contributed by atoms with Crippen LogP contribution in [0, 0.1) is 0 Å². The number of rotatable bonds is 4. The van der Waals surface area contributed by atoms with Crippen molar-refractivity contribution in [3.8, 4) is 0 Å². The number of aromatic nitrogens is 2. The molecule has 1 fully saturated rings. The molecule has 2 aliphatic rings. The van der Waals surface area contributed by atoms with Crippen LogP contribution in [0.5, 0.6) is 0 Å². The molecule has 0 aromatic carbocycles. The van der Waals surface area contributed by atoms with Crippen LogP contribution in [0.1, 0.15) is 29.0 Å². The highest BCUT2D eigenvalue weighted by atomic mass is 32.2. The number of hydrogen-bond acceptors (Lipinski definition) is 5. The number of piperazine rings is 1. The van der Waals surface area contributed by atoms with Gasteiger partial charge in [-0.2, -0.15) is 9.40 Å². The standard InChI is InChI=1S/C16H25N5O4S/c1-18(26(2,24)25)12-15(22)19-7-9-20(10-8-19)16(23)14-11-13-5-3-4-6-21(13)17-14/h11H,3-10,12H2,1-2H3. The summed E-state index contributed by atoms with van der Waals surface area (Å²) < 4.78 is 25.8. The Labute approximate surface area is 153 Å². The molecule has 1 aromatic rings. The zero-order valence-corrected chi connectivity index (χ0v) is 16.0. The van der Waals surface area contributed by atoms with E-state index in [4.69, 9.17) is 0 Å². The summed E-state index contributed by atoms with van der Waals surface area (Å²) in [7, 11) is -2.01. The highest BCUT2D eigenvalue weighted by Gasteiger charge is 2.28. The molecule has 3 rings (SSSR count). The highest BCUT2D eigenvalue weighted by molar-refractivity contribution is 7.88. The van der Waals surface area contributed by atoms with Crippen LogP contribution < -0.4 is 0 Å². The molecule has 9 nitrogen and oxygen atoms in total. The number of nitrogens with zero attached hydrogens (tertiary/aromatic N) is 5. The van der Waals surface area contributed by atoms with Crippen molar-refractivity contribution in [1.82, 2.24) is 23.9 Å². The van der Waals surface area contributed by atoms with Crippen LogP contribution in [0.3, 0.4) is 0 Å². The minimum Gasteiger partial charge on any atom is -0.338 e. The molecule has 0 unspecified atom stereocenters. The Balaban J connectivity index is 1.55. The first-order valence-electron chi connectivity index (χ1n) is 8.81. The van der Waals surface area contributed by atoms with Gasteiger partial charge in [0.15, 0.2) is 5.69 Å². The molecule has 26 heavy (non-hydrogen) atoms. The highest BCUT2D eigenvalue weighted by Crippen LogP contribution is 2.17. The van der Waals surface area contributed by atoms with E-state index < -0.39 is 10.0 Å². The Bertz CT molecular complexity index is 772. The van der Waals surface area contributed by atoms with Crippen LogP contribution in [0.4, 0.5) is 0 Å². The number of likely N-dealkylation sites (N-methyl/N-ethyl adjacent to an activating group) is 1. The van der Waals surface area contributed by atoms with Crippen molar-refractivity contribution in [3.63, 3.8) is 0 Å². The molecule has 0 bridgehead atoms. The Kier molecular flexibility index (Phi) is 5.33. The van der Waals surface area contributed by atoms with E-state index in [1.807, 2.05) is 10.7 Å². The number of amides is 2. The van der Waals surface area contributed by atoms with Crippen LogP contribution in [0.25, 0.3) is 0 Å². The average molecular weight is 383 g/mol. The van der Waals surface area contributed by atoms with Gasteiger partial charge in [0.2, 0.25) is 15.9 Å². The van der Waals surface area contributed by atoms with Crippen molar-refractivity contribution >= 4 is 21.8 Å². The molecule has 0 N–H and O–H groups in total. The van der Waals surface area contributed by atoms with Crippen molar-refractivity contribution in [3.05, 3.63) is 17.5 Å². The summed E-state index contributed by atoms with van der Waals surface area (Å²) in [5.41, 5.74) is 1.58. The summed E-state index contributed by atoms with van der Waals surface area (Å²) in [5.74, 6) is -0.352. The fourth-order valence-electron chi connectivity index (χ4n) is 3.25. The number of carbonyl (C=O) groups is 2. The molecule has 0 radical (unpaired) electrons. The zero-order valence-electron chi connectivity index (χ0n) is 15.2. The zero-order chi connectivity index (χ0) is 18.9. The van der Waals surface area contributed by atoms with Gasteiger partial charge in [0, 0.05) is 45.5 Å². The van der Waals surface area contributed by atoms with Gasteiger partial charge in [0.1, 0.15) is 0 Å². The second-order valence-electron chi connectivity index (χ2n) is 6.89. The largest absolute Gasteiger partial charge is 0.338 e. The quantitative estimate of drug-likeness (QED) is 0.692. The lowest BCUT2D eigenvalue weighted by molar-refractivity contribution is -0.132. The third-order valence-corrected chi connectivity index (χ3v) is 6.24. The Morgan fingerprint density at radius 2 is 1.77 bits per heavy atom. The Morgan fingerprint density at radius 3 is 2.38 bits per heavy atom. The maximum absolute atomic E-state index is 12.7. The van der Waals surface area contributed by atoms with Crippen molar-refractivity contribution in [2.24, 2.45) is 0 Å². The molecule has 1 saturated heterocycles.